The topological polar surface area (TPSA) is 46.1 Å². The first-order valence-corrected chi connectivity index (χ1v) is 9.43. The first kappa shape index (κ1) is 15.3. The molecule has 22 heavy (non-hydrogen) atoms. The molecule has 3 aromatic heterocycles. The lowest BCUT2D eigenvalue weighted by molar-refractivity contribution is 0.0792. The number of thiophene rings is 1. The Hall–Kier alpha value is -1.57. The zero-order valence-electron chi connectivity index (χ0n) is 12.3. The molecule has 0 fully saturated rings. The molecular formula is C15H15N3OS3. The summed E-state index contributed by atoms with van der Waals surface area (Å²) in [7, 11) is 1.82. The van der Waals surface area contributed by atoms with E-state index in [1.54, 1.807) is 27.6 Å². The molecule has 0 unspecified atom stereocenters. The number of aryl methyl sites for hydroxylation is 1. The van der Waals surface area contributed by atoms with Gasteiger partial charge in [-0.1, -0.05) is 6.07 Å². The molecule has 0 atom stereocenters. The van der Waals surface area contributed by atoms with Crippen LogP contribution in [0, 0.1) is 6.92 Å². The Balaban J connectivity index is 1.64. The fourth-order valence-electron chi connectivity index (χ4n) is 2.02. The highest BCUT2D eigenvalue weighted by atomic mass is 32.1. The van der Waals surface area contributed by atoms with Crippen LogP contribution in [0.2, 0.25) is 0 Å². The lowest BCUT2D eigenvalue weighted by Gasteiger charge is -2.15. The molecule has 0 bridgehead atoms. The van der Waals surface area contributed by atoms with Crippen LogP contribution in [-0.2, 0) is 6.42 Å². The fraction of sp³-hybridized carbons (Fsp3) is 0.267. The minimum Gasteiger partial charge on any atom is -0.340 e. The average molecular weight is 350 g/mol. The first-order chi connectivity index (χ1) is 10.6. The number of carbonyl (C=O) groups is 1. The summed E-state index contributed by atoms with van der Waals surface area (Å²) in [5, 5.41) is 4.76. The van der Waals surface area contributed by atoms with Crippen LogP contribution in [0.1, 0.15) is 21.1 Å². The molecule has 0 spiro atoms. The van der Waals surface area contributed by atoms with E-state index in [9.17, 15) is 4.79 Å². The minimum absolute atomic E-state index is 0.0266. The van der Waals surface area contributed by atoms with Gasteiger partial charge in [0.2, 0.25) is 0 Å². The van der Waals surface area contributed by atoms with Crippen molar-refractivity contribution >= 4 is 39.9 Å². The van der Waals surface area contributed by atoms with Gasteiger partial charge in [0.15, 0.2) is 0 Å². The monoisotopic (exact) mass is 349 g/mol. The van der Waals surface area contributed by atoms with Crippen molar-refractivity contribution in [3.8, 4) is 9.88 Å². The highest BCUT2D eigenvalue weighted by Crippen LogP contribution is 2.28. The van der Waals surface area contributed by atoms with Crippen molar-refractivity contribution in [2.24, 2.45) is 0 Å². The molecule has 3 rings (SSSR count). The Labute approximate surface area is 141 Å². The molecule has 0 N–H and O–H groups in total. The number of carbonyl (C=O) groups excluding carboxylic acids is 1. The molecule has 4 nitrogen and oxygen atoms in total. The zero-order chi connectivity index (χ0) is 15.5. The van der Waals surface area contributed by atoms with E-state index < -0.39 is 0 Å². The zero-order valence-corrected chi connectivity index (χ0v) is 14.7. The minimum atomic E-state index is -0.0266. The molecule has 0 saturated heterocycles. The van der Waals surface area contributed by atoms with E-state index in [0.717, 1.165) is 22.0 Å². The van der Waals surface area contributed by atoms with Crippen LogP contribution in [0.5, 0.6) is 0 Å². The van der Waals surface area contributed by atoms with E-state index in [0.29, 0.717) is 12.2 Å². The molecule has 1 amide bonds. The Bertz CT molecular complexity index is 761. The molecule has 0 radical (unpaired) electrons. The maximum Gasteiger partial charge on any atom is 0.273 e. The molecular weight excluding hydrogens is 334 g/mol. The molecule has 0 saturated carbocycles. The van der Waals surface area contributed by atoms with Crippen LogP contribution < -0.4 is 0 Å². The van der Waals surface area contributed by atoms with Gasteiger partial charge in [-0.15, -0.1) is 34.0 Å². The van der Waals surface area contributed by atoms with Crippen LogP contribution in [0.15, 0.2) is 28.4 Å². The predicted octanol–water partition coefficient (Wildman–Crippen LogP) is 3.95. The predicted molar refractivity (Wildman–Crippen MR) is 92.9 cm³/mol. The van der Waals surface area contributed by atoms with Gasteiger partial charge < -0.3 is 4.90 Å². The second kappa shape index (κ2) is 6.68. The molecule has 7 heteroatoms. The van der Waals surface area contributed by atoms with Gasteiger partial charge in [-0.25, -0.2) is 9.97 Å². The summed E-state index contributed by atoms with van der Waals surface area (Å²) in [5.41, 5.74) is 3.43. The normalized spacial score (nSPS) is 10.8. The van der Waals surface area contributed by atoms with Gasteiger partial charge in [0, 0.05) is 30.3 Å². The number of nitrogens with zero attached hydrogens (tertiary/aromatic N) is 3. The van der Waals surface area contributed by atoms with Crippen molar-refractivity contribution in [1.29, 1.82) is 0 Å². The summed E-state index contributed by atoms with van der Waals surface area (Å²) in [5.74, 6) is -0.0266. The molecule has 0 aliphatic carbocycles. The third kappa shape index (κ3) is 3.26. The maximum absolute atomic E-state index is 12.4. The summed E-state index contributed by atoms with van der Waals surface area (Å²) in [6.07, 6.45) is 0.834. The average Bonchev–Trinajstić information content (AvgIpc) is 3.24. The standard InChI is InChI=1S/C15H15N3OS3/c1-10-12(22-9-16-10)5-6-18(2)15(19)11-8-21-14(17-11)13-4-3-7-20-13/h3-4,7-9H,5-6H2,1-2H3. The second-order valence-corrected chi connectivity index (χ2v) is 7.60. The van der Waals surface area contributed by atoms with Crippen molar-refractivity contribution in [3.63, 3.8) is 0 Å². The van der Waals surface area contributed by atoms with Gasteiger partial charge in [-0.2, -0.15) is 0 Å². The number of thiazole rings is 2. The van der Waals surface area contributed by atoms with Crippen LogP contribution in [0.4, 0.5) is 0 Å². The van der Waals surface area contributed by atoms with Gasteiger partial charge >= 0.3 is 0 Å². The van der Waals surface area contributed by atoms with Crippen LogP contribution >= 0.6 is 34.0 Å². The van der Waals surface area contributed by atoms with Gasteiger partial charge in [0.05, 0.1) is 16.1 Å². The van der Waals surface area contributed by atoms with Gasteiger partial charge in [0.1, 0.15) is 10.7 Å². The molecule has 0 aromatic carbocycles. The Morgan fingerprint density at radius 3 is 2.86 bits per heavy atom. The van der Waals surface area contributed by atoms with Gasteiger partial charge in [-0.3, -0.25) is 4.79 Å². The number of hydrogen-bond donors (Lipinski definition) is 0. The van der Waals surface area contributed by atoms with E-state index in [1.807, 2.05) is 42.4 Å². The van der Waals surface area contributed by atoms with E-state index >= 15 is 0 Å². The second-order valence-electron chi connectivity index (χ2n) is 4.85. The van der Waals surface area contributed by atoms with Crippen LogP contribution in [0.3, 0.4) is 0 Å². The van der Waals surface area contributed by atoms with Crippen molar-refractivity contribution < 1.29 is 4.79 Å². The number of hydrogen-bond acceptors (Lipinski definition) is 6. The fourth-order valence-corrected chi connectivity index (χ4v) is 4.40. The lowest BCUT2D eigenvalue weighted by atomic mass is 10.3. The Kier molecular flexibility index (Phi) is 4.66. The van der Waals surface area contributed by atoms with E-state index in [-0.39, 0.29) is 5.91 Å². The smallest absolute Gasteiger partial charge is 0.273 e. The SMILES string of the molecule is Cc1ncsc1CCN(C)C(=O)c1csc(-c2cccs2)n1. The number of aromatic nitrogens is 2. The first-order valence-electron chi connectivity index (χ1n) is 6.79. The highest BCUT2D eigenvalue weighted by Gasteiger charge is 2.16. The van der Waals surface area contributed by atoms with Crippen LogP contribution in [-0.4, -0.2) is 34.4 Å². The quantitative estimate of drug-likeness (QED) is 0.700. The maximum atomic E-state index is 12.4. The summed E-state index contributed by atoms with van der Waals surface area (Å²) >= 11 is 4.79. The number of rotatable bonds is 5. The number of amides is 1. The molecule has 0 aliphatic rings. The Morgan fingerprint density at radius 1 is 1.32 bits per heavy atom. The summed E-state index contributed by atoms with van der Waals surface area (Å²) < 4.78 is 0. The van der Waals surface area contributed by atoms with Crippen molar-refractivity contribution in [1.82, 2.24) is 14.9 Å². The molecule has 114 valence electrons. The molecule has 0 aliphatic heterocycles. The highest BCUT2D eigenvalue weighted by molar-refractivity contribution is 7.20. The number of likely N-dealkylation sites (N-methyl/N-ethyl adjacent to an activating group) is 1. The third-order valence-electron chi connectivity index (χ3n) is 3.32. The van der Waals surface area contributed by atoms with Crippen molar-refractivity contribution in [2.75, 3.05) is 13.6 Å². The largest absolute Gasteiger partial charge is 0.340 e. The Morgan fingerprint density at radius 2 is 2.18 bits per heavy atom. The van der Waals surface area contributed by atoms with E-state index in [1.165, 1.54) is 16.2 Å². The van der Waals surface area contributed by atoms with Crippen LogP contribution in [0.25, 0.3) is 9.88 Å². The third-order valence-corrected chi connectivity index (χ3v) is 6.20. The molecule has 3 heterocycles. The summed E-state index contributed by atoms with van der Waals surface area (Å²) in [4.78, 5) is 25.2. The van der Waals surface area contributed by atoms with Crippen molar-refractivity contribution in [3.05, 3.63) is 44.7 Å². The van der Waals surface area contributed by atoms with Crippen molar-refractivity contribution in [2.45, 2.75) is 13.3 Å². The lowest BCUT2D eigenvalue weighted by Crippen LogP contribution is -2.29. The summed E-state index contributed by atoms with van der Waals surface area (Å²) in [6.45, 7) is 2.68. The van der Waals surface area contributed by atoms with Gasteiger partial charge in [0.25, 0.3) is 5.91 Å². The van der Waals surface area contributed by atoms with E-state index in [2.05, 4.69) is 9.97 Å². The summed E-state index contributed by atoms with van der Waals surface area (Å²) in [6, 6.07) is 4.01. The van der Waals surface area contributed by atoms with E-state index in [4.69, 9.17) is 0 Å². The molecule has 3 aromatic rings. The van der Waals surface area contributed by atoms with Gasteiger partial charge in [-0.05, 0) is 18.4 Å².